The van der Waals surface area contributed by atoms with Crippen LogP contribution in [0.3, 0.4) is 0 Å². The Kier molecular flexibility index (Phi) is 9.67. The van der Waals surface area contributed by atoms with E-state index in [-0.39, 0.29) is 5.75 Å². The van der Waals surface area contributed by atoms with E-state index in [4.69, 9.17) is 23.5 Å². The molecule has 0 atom stereocenters. The monoisotopic (exact) mass is 443 g/mol. The molecule has 4 nitrogen and oxygen atoms in total. The zero-order valence-corrected chi connectivity index (χ0v) is 20.7. The molecule has 7 heteroatoms. The fraction of sp³-hybridized carbons (Fsp3) is 0.222. The fourth-order valence-corrected chi connectivity index (χ4v) is 3.31. The largest absolute Gasteiger partial charge is 0.508 e. The molecule has 34 heavy (non-hydrogen) atoms. The van der Waals surface area contributed by atoms with Gasteiger partial charge in [0.15, 0.2) is 17.5 Å². The minimum absolute atomic E-state index is 0.177. The minimum Gasteiger partial charge on any atom is -0.508 e. The third kappa shape index (κ3) is 6.16. The number of aromatic hydroxyl groups is 1. The number of hydrogen-bond acceptors (Lipinski definition) is 4. The van der Waals surface area contributed by atoms with E-state index in [0.29, 0.717) is 45.0 Å². The molecule has 0 aliphatic carbocycles. The highest BCUT2D eigenvalue weighted by Crippen LogP contribution is 2.27. The highest BCUT2D eigenvalue weighted by molar-refractivity contribution is 6.40. The highest BCUT2D eigenvalue weighted by Gasteiger charge is 2.16. The molecule has 0 aliphatic heterocycles. The predicted octanol–water partition coefficient (Wildman–Crippen LogP) is 3.63. The summed E-state index contributed by atoms with van der Waals surface area (Å²) in [6.45, 7) is 11.9. The van der Waals surface area contributed by atoms with Gasteiger partial charge in [0.1, 0.15) is 29.3 Å². The van der Waals surface area contributed by atoms with Gasteiger partial charge in [-0.15, -0.1) is 0 Å². The average Bonchev–Trinajstić information content (AvgIpc) is 2.81. The van der Waals surface area contributed by atoms with Gasteiger partial charge >= 0.3 is 0 Å². The minimum atomic E-state index is 0.177. The van der Waals surface area contributed by atoms with Crippen LogP contribution in [0.2, 0.25) is 0 Å². The number of aromatic nitrogens is 3. The lowest BCUT2D eigenvalue weighted by Crippen LogP contribution is -2.17. The zero-order valence-electron chi connectivity index (χ0n) is 20.7. The van der Waals surface area contributed by atoms with E-state index in [1.807, 2.05) is 59.7 Å². The maximum atomic E-state index is 9.78. The topological polar surface area (TPSA) is 58.9 Å². The molecule has 4 rings (SSSR count). The Morgan fingerprint density at radius 1 is 0.588 bits per heavy atom. The van der Waals surface area contributed by atoms with E-state index in [1.54, 1.807) is 36.4 Å². The smallest absolute Gasteiger partial charge is 0.164 e. The van der Waals surface area contributed by atoms with Gasteiger partial charge < -0.3 is 5.11 Å². The highest BCUT2D eigenvalue weighted by atomic mass is 16.3. The van der Waals surface area contributed by atoms with Gasteiger partial charge in [0, 0.05) is 16.7 Å². The Morgan fingerprint density at radius 3 is 1.56 bits per heavy atom. The first-order valence-electron chi connectivity index (χ1n) is 11.4. The SMILES string of the molecule is CC.CC.[B]c1ccc(-c2nc(-c3ccc(C)cc3[B])nc(-c3ccc(O)cc3C)n2)c([B])c1. The van der Waals surface area contributed by atoms with E-state index in [0.717, 1.165) is 16.7 Å². The van der Waals surface area contributed by atoms with E-state index >= 15 is 0 Å². The van der Waals surface area contributed by atoms with Crippen molar-refractivity contribution in [1.82, 2.24) is 15.0 Å². The van der Waals surface area contributed by atoms with Crippen LogP contribution in [0.25, 0.3) is 34.2 Å². The average molecular weight is 443 g/mol. The van der Waals surface area contributed by atoms with Crippen molar-refractivity contribution in [3.05, 3.63) is 65.7 Å². The summed E-state index contributed by atoms with van der Waals surface area (Å²) in [6.07, 6.45) is 0. The van der Waals surface area contributed by atoms with E-state index in [2.05, 4.69) is 15.0 Å². The summed E-state index contributed by atoms with van der Waals surface area (Å²) in [5, 5.41) is 9.78. The molecule has 0 saturated carbocycles. The molecule has 1 heterocycles. The van der Waals surface area contributed by atoms with Crippen LogP contribution in [0, 0.1) is 13.8 Å². The van der Waals surface area contributed by atoms with Gasteiger partial charge in [-0.2, -0.15) is 0 Å². The Bertz CT molecular complexity index is 1110. The molecule has 3 aromatic carbocycles. The molecule has 166 valence electrons. The first kappa shape index (κ1) is 26.9. The van der Waals surface area contributed by atoms with Crippen LogP contribution in [-0.2, 0) is 0 Å². The summed E-state index contributed by atoms with van der Waals surface area (Å²) in [7, 11) is 18.3. The van der Waals surface area contributed by atoms with Gasteiger partial charge in [-0.25, -0.2) is 15.0 Å². The predicted molar refractivity (Wildman–Crippen MR) is 146 cm³/mol. The molecule has 0 fully saturated rings. The van der Waals surface area contributed by atoms with Crippen LogP contribution in [0.5, 0.6) is 5.75 Å². The van der Waals surface area contributed by atoms with Gasteiger partial charge in [0.25, 0.3) is 0 Å². The second-order valence-electron chi connectivity index (χ2n) is 7.24. The summed E-state index contributed by atoms with van der Waals surface area (Å²) < 4.78 is 0. The van der Waals surface area contributed by atoms with Crippen molar-refractivity contribution in [2.75, 3.05) is 0 Å². The van der Waals surface area contributed by atoms with Crippen LogP contribution in [-0.4, -0.2) is 43.6 Å². The lowest BCUT2D eigenvalue weighted by atomic mass is 9.83. The van der Waals surface area contributed by atoms with Crippen molar-refractivity contribution in [3.8, 4) is 39.9 Å². The lowest BCUT2D eigenvalue weighted by molar-refractivity contribution is 0.475. The van der Waals surface area contributed by atoms with Crippen molar-refractivity contribution in [2.24, 2.45) is 0 Å². The maximum Gasteiger partial charge on any atom is 0.164 e. The Labute approximate surface area is 207 Å². The van der Waals surface area contributed by atoms with Crippen molar-refractivity contribution >= 4 is 39.9 Å². The molecule has 0 amide bonds. The number of aryl methyl sites for hydroxylation is 2. The molecule has 0 aliphatic rings. The number of hydrogen-bond donors (Lipinski definition) is 1. The second-order valence-corrected chi connectivity index (χ2v) is 7.24. The van der Waals surface area contributed by atoms with Gasteiger partial charge in [0.05, 0.1) is 0 Å². The van der Waals surface area contributed by atoms with Crippen molar-refractivity contribution in [2.45, 2.75) is 41.5 Å². The van der Waals surface area contributed by atoms with Crippen molar-refractivity contribution < 1.29 is 5.11 Å². The standard InChI is InChI=1S/C23H16B3N3O.2C2H6/c1-12-3-6-17(19(25)9-12)22-27-21(16-8-5-15(30)10-13(16)2)28-23(29-22)18-7-4-14(24)11-20(18)26;2*1-2/h3-11,30H,1-2H3;2*1-2H3. The van der Waals surface area contributed by atoms with Gasteiger partial charge in [-0.3, -0.25) is 0 Å². The molecule has 6 radical (unpaired) electrons. The molecule has 0 saturated heterocycles. The summed E-state index contributed by atoms with van der Waals surface area (Å²) in [5.74, 6) is 1.50. The summed E-state index contributed by atoms with van der Waals surface area (Å²) >= 11 is 0. The van der Waals surface area contributed by atoms with Crippen LogP contribution >= 0.6 is 0 Å². The maximum absolute atomic E-state index is 9.78. The third-order valence-corrected chi connectivity index (χ3v) is 4.85. The quantitative estimate of drug-likeness (QED) is 0.492. The van der Waals surface area contributed by atoms with Crippen LogP contribution in [0.1, 0.15) is 38.8 Å². The summed E-state index contributed by atoms with van der Waals surface area (Å²) in [6, 6.07) is 16.0. The molecule has 1 aromatic heterocycles. The normalized spacial score (nSPS) is 9.94. The number of nitrogens with zero attached hydrogens (tertiary/aromatic N) is 3. The lowest BCUT2D eigenvalue weighted by Gasteiger charge is -2.13. The molecular weight excluding hydrogens is 415 g/mol. The van der Waals surface area contributed by atoms with Gasteiger partial charge in [-0.05, 0) is 37.6 Å². The molecule has 0 spiro atoms. The Morgan fingerprint density at radius 2 is 1.06 bits per heavy atom. The van der Waals surface area contributed by atoms with E-state index < -0.39 is 0 Å². The van der Waals surface area contributed by atoms with Crippen LogP contribution in [0.15, 0.2) is 54.6 Å². The third-order valence-electron chi connectivity index (χ3n) is 4.85. The molecule has 0 bridgehead atoms. The molecule has 0 unspecified atom stereocenters. The number of phenolic OH excluding ortho intramolecular Hbond substituents is 1. The Hall–Kier alpha value is -3.34. The number of benzene rings is 3. The number of rotatable bonds is 3. The summed E-state index contributed by atoms with van der Waals surface area (Å²) in [4.78, 5) is 14.0. The van der Waals surface area contributed by atoms with Crippen LogP contribution in [0.4, 0.5) is 0 Å². The molecule has 1 N–H and O–H groups in total. The molecular formula is C27H28B3N3O. The van der Waals surface area contributed by atoms with E-state index in [9.17, 15) is 5.11 Å². The van der Waals surface area contributed by atoms with Gasteiger partial charge in [0.2, 0.25) is 0 Å². The number of phenols is 1. The first-order chi connectivity index (χ1) is 16.3. The Balaban J connectivity index is 0.000000970. The fourth-order valence-electron chi connectivity index (χ4n) is 3.31. The van der Waals surface area contributed by atoms with Crippen LogP contribution < -0.4 is 16.4 Å². The van der Waals surface area contributed by atoms with E-state index in [1.165, 1.54) is 0 Å². The van der Waals surface area contributed by atoms with Crippen molar-refractivity contribution in [3.63, 3.8) is 0 Å². The first-order valence-corrected chi connectivity index (χ1v) is 11.4. The zero-order chi connectivity index (χ0) is 25.4. The second kappa shape index (κ2) is 12.2. The summed E-state index contributed by atoms with van der Waals surface area (Å²) in [5.41, 5.74) is 5.61. The van der Waals surface area contributed by atoms with Gasteiger partial charge in [-0.1, -0.05) is 86.0 Å². The molecule has 4 aromatic rings. The van der Waals surface area contributed by atoms with Crippen molar-refractivity contribution in [1.29, 1.82) is 0 Å².